The summed E-state index contributed by atoms with van der Waals surface area (Å²) in [5.41, 5.74) is 5.75. The summed E-state index contributed by atoms with van der Waals surface area (Å²) in [5, 5.41) is 2.84. The van der Waals surface area contributed by atoms with E-state index in [2.05, 4.69) is 5.32 Å². The maximum atomic E-state index is 12.1. The molecule has 0 saturated carbocycles. The Morgan fingerprint density at radius 2 is 1.89 bits per heavy atom. The molecular weight excluding hydrogens is 230 g/mol. The molecular formula is C13H25N3O2. The quantitative estimate of drug-likeness (QED) is 0.761. The lowest BCUT2D eigenvalue weighted by molar-refractivity contribution is -0.139. The number of carbonyl (C=O) groups is 2. The third-order valence-electron chi connectivity index (χ3n) is 3.71. The molecule has 0 aromatic carbocycles. The minimum Gasteiger partial charge on any atom is -0.356 e. The summed E-state index contributed by atoms with van der Waals surface area (Å²) < 4.78 is 0. The number of amides is 2. The number of piperidine rings is 1. The van der Waals surface area contributed by atoms with Crippen molar-refractivity contribution < 1.29 is 9.59 Å². The molecule has 5 nitrogen and oxygen atoms in total. The molecule has 104 valence electrons. The highest BCUT2D eigenvalue weighted by Gasteiger charge is 2.29. The maximum Gasteiger partial charge on any atom is 0.226 e. The van der Waals surface area contributed by atoms with Crippen LogP contribution in [0.5, 0.6) is 0 Å². The van der Waals surface area contributed by atoms with Crippen LogP contribution in [0.15, 0.2) is 0 Å². The minimum absolute atomic E-state index is 0.0552. The smallest absolute Gasteiger partial charge is 0.226 e. The number of nitrogens with zero attached hydrogens (tertiary/aromatic N) is 1. The largest absolute Gasteiger partial charge is 0.356 e. The van der Waals surface area contributed by atoms with Gasteiger partial charge in [-0.2, -0.15) is 0 Å². The van der Waals surface area contributed by atoms with Crippen LogP contribution in [0.2, 0.25) is 0 Å². The molecule has 0 bridgehead atoms. The first kappa shape index (κ1) is 15.0. The highest BCUT2D eigenvalue weighted by atomic mass is 16.2. The van der Waals surface area contributed by atoms with Crippen molar-refractivity contribution in [2.24, 2.45) is 17.6 Å². The number of hydrogen-bond acceptors (Lipinski definition) is 3. The minimum atomic E-state index is -0.147. The molecule has 0 aromatic heterocycles. The van der Waals surface area contributed by atoms with Crippen molar-refractivity contribution in [1.29, 1.82) is 0 Å². The fraction of sp³-hybridized carbons (Fsp3) is 0.846. The lowest BCUT2D eigenvalue weighted by Crippen LogP contribution is -2.47. The standard InChI is InChI=1S/C13H25N3O2/c1-4-15-12(17)11-5-7-16(8-6-11)13(18)9(2)10(3)14/h9-11H,4-8,14H2,1-3H3,(H,15,17). The zero-order valence-electron chi connectivity index (χ0n) is 11.6. The summed E-state index contributed by atoms with van der Waals surface area (Å²) in [6, 6.07) is -0.126. The lowest BCUT2D eigenvalue weighted by Gasteiger charge is -2.33. The van der Waals surface area contributed by atoms with E-state index in [0.29, 0.717) is 19.6 Å². The Balaban J connectivity index is 2.44. The van der Waals surface area contributed by atoms with Gasteiger partial charge < -0.3 is 16.0 Å². The van der Waals surface area contributed by atoms with Crippen molar-refractivity contribution in [2.45, 2.75) is 39.7 Å². The second-order valence-electron chi connectivity index (χ2n) is 5.14. The molecule has 1 fully saturated rings. The van der Waals surface area contributed by atoms with E-state index in [1.165, 1.54) is 0 Å². The van der Waals surface area contributed by atoms with Crippen molar-refractivity contribution in [1.82, 2.24) is 10.2 Å². The second kappa shape index (κ2) is 6.73. The Labute approximate surface area is 109 Å². The molecule has 0 aliphatic carbocycles. The van der Waals surface area contributed by atoms with Gasteiger partial charge in [-0.3, -0.25) is 9.59 Å². The first-order valence-electron chi connectivity index (χ1n) is 6.79. The molecule has 2 atom stereocenters. The zero-order chi connectivity index (χ0) is 13.7. The van der Waals surface area contributed by atoms with Gasteiger partial charge in [-0.15, -0.1) is 0 Å². The maximum absolute atomic E-state index is 12.1. The van der Waals surface area contributed by atoms with E-state index in [-0.39, 0.29) is 29.7 Å². The first-order chi connectivity index (χ1) is 8.47. The molecule has 5 heteroatoms. The van der Waals surface area contributed by atoms with E-state index >= 15 is 0 Å². The van der Waals surface area contributed by atoms with Gasteiger partial charge in [0.2, 0.25) is 11.8 Å². The van der Waals surface area contributed by atoms with E-state index in [9.17, 15) is 9.59 Å². The van der Waals surface area contributed by atoms with Crippen LogP contribution in [0.1, 0.15) is 33.6 Å². The van der Waals surface area contributed by atoms with Gasteiger partial charge in [0.15, 0.2) is 0 Å². The van der Waals surface area contributed by atoms with Gasteiger partial charge in [0.25, 0.3) is 0 Å². The highest BCUT2D eigenvalue weighted by Crippen LogP contribution is 2.19. The van der Waals surface area contributed by atoms with E-state index in [1.807, 2.05) is 25.7 Å². The summed E-state index contributed by atoms with van der Waals surface area (Å²) in [5.74, 6) is 0.134. The Morgan fingerprint density at radius 3 is 2.33 bits per heavy atom. The average Bonchev–Trinajstić information content (AvgIpc) is 2.37. The van der Waals surface area contributed by atoms with Crippen LogP contribution in [0.3, 0.4) is 0 Å². The molecule has 1 saturated heterocycles. The van der Waals surface area contributed by atoms with E-state index in [4.69, 9.17) is 5.73 Å². The van der Waals surface area contributed by atoms with Gasteiger partial charge in [0.1, 0.15) is 0 Å². The predicted octanol–water partition coefficient (Wildman–Crippen LogP) is 0.344. The normalized spacial score (nSPS) is 20.3. The van der Waals surface area contributed by atoms with E-state index in [1.54, 1.807) is 0 Å². The zero-order valence-corrected chi connectivity index (χ0v) is 11.6. The number of nitrogens with one attached hydrogen (secondary N) is 1. The molecule has 3 N–H and O–H groups in total. The van der Waals surface area contributed by atoms with Crippen LogP contribution >= 0.6 is 0 Å². The second-order valence-corrected chi connectivity index (χ2v) is 5.14. The Bertz CT molecular complexity index is 297. The summed E-state index contributed by atoms with van der Waals surface area (Å²) in [6.07, 6.45) is 1.51. The van der Waals surface area contributed by atoms with E-state index < -0.39 is 0 Å². The van der Waals surface area contributed by atoms with Crippen LogP contribution in [0.4, 0.5) is 0 Å². The topological polar surface area (TPSA) is 75.4 Å². The molecule has 1 aliphatic rings. The van der Waals surface area contributed by atoms with Crippen molar-refractivity contribution >= 4 is 11.8 Å². The van der Waals surface area contributed by atoms with Crippen LogP contribution in [-0.4, -0.2) is 42.4 Å². The Hall–Kier alpha value is -1.10. The molecule has 1 rings (SSSR count). The monoisotopic (exact) mass is 255 g/mol. The average molecular weight is 255 g/mol. The van der Waals surface area contributed by atoms with Crippen LogP contribution in [0.25, 0.3) is 0 Å². The molecule has 2 amide bonds. The van der Waals surface area contributed by atoms with Gasteiger partial charge in [-0.1, -0.05) is 6.92 Å². The molecule has 2 unspecified atom stereocenters. The fourth-order valence-corrected chi connectivity index (χ4v) is 2.19. The van der Waals surface area contributed by atoms with Crippen molar-refractivity contribution in [3.8, 4) is 0 Å². The van der Waals surface area contributed by atoms with Crippen LogP contribution in [-0.2, 0) is 9.59 Å². The summed E-state index contributed by atoms with van der Waals surface area (Å²) in [7, 11) is 0. The number of likely N-dealkylation sites (tertiary alicyclic amines) is 1. The number of rotatable bonds is 4. The van der Waals surface area contributed by atoms with Crippen LogP contribution in [0, 0.1) is 11.8 Å². The molecule has 0 aromatic rings. The molecule has 1 heterocycles. The summed E-state index contributed by atoms with van der Waals surface area (Å²) in [4.78, 5) is 25.6. The number of hydrogen-bond donors (Lipinski definition) is 2. The molecule has 0 radical (unpaired) electrons. The van der Waals surface area contributed by atoms with Crippen LogP contribution < -0.4 is 11.1 Å². The molecule has 18 heavy (non-hydrogen) atoms. The predicted molar refractivity (Wildman–Crippen MR) is 70.8 cm³/mol. The molecule has 1 aliphatic heterocycles. The number of carbonyl (C=O) groups excluding carboxylic acids is 2. The fourth-order valence-electron chi connectivity index (χ4n) is 2.19. The van der Waals surface area contributed by atoms with Crippen molar-refractivity contribution in [3.63, 3.8) is 0 Å². The summed E-state index contributed by atoms with van der Waals surface area (Å²) in [6.45, 7) is 7.63. The van der Waals surface area contributed by atoms with Crippen molar-refractivity contribution in [2.75, 3.05) is 19.6 Å². The Kier molecular flexibility index (Phi) is 5.59. The Morgan fingerprint density at radius 1 is 1.33 bits per heavy atom. The van der Waals surface area contributed by atoms with Gasteiger partial charge in [0, 0.05) is 31.6 Å². The SMILES string of the molecule is CCNC(=O)C1CCN(C(=O)C(C)C(C)N)CC1. The number of nitrogens with two attached hydrogens (primary N) is 1. The molecule has 0 spiro atoms. The third-order valence-corrected chi connectivity index (χ3v) is 3.71. The van der Waals surface area contributed by atoms with Gasteiger partial charge >= 0.3 is 0 Å². The third kappa shape index (κ3) is 3.70. The van der Waals surface area contributed by atoms with Gasteiger partial charge in [0.05, 0.1) is 5.92 Å². The first-order valence-corrected chi connectivity index (χ1v) is 6.79. The van der Waals surface area contributed by atoms with Gasteiger partial charge in [-0.25, -0.2) is 0 Å². The highest BCUT2D eigenvalue weighted by molar-refractivity contribution is 5.81. The summed E-state index contributed by atoms with van der Waals surface area (Å²) >= 11 is 0. The van der Waals surface area contributed by atoms with Crippen molar-refractivity contribution in [3.05, 3.63) is 0 Å². The lowest BCUT2D eigenvalue weighted by atomic mass is 9.94. The van der Waals surface area contributed by atoms with E-state index in [0.717, 1.165) is 12.8 Å². The van der Waals surface area contributed by atoms with Gasteiger partial charge in [-0.05, 0) is 26.7 Å².